The van der Waals surface area contributed by atoms with Crippen molar-refractivity contribution in [3.63, 3.8) is 0 Å². The van der Waals surface area contributed by atoms with Gasteiger partial charge < -0.3 is 5.32 Å². The minimum absolute atomic E-state index is 0.127. The van der Waals surface area contributed by atoms with Crippen molar-refractivity contribution in [1.29, 1.82) is 0 Å². The molecule has 0 spiro atoms. The molecule has 2 aromatic carbocycles. The van der Waals surface area contributed by atoms with E-state index >= 15 is 0 Å². The maximum absolute atomic E-state index is 13.3. The highest BCUT2D eigenvalue weighted by atomic mass is 19.1. The number of nitrogens with one attached hydrogen (secondary N) is 1. The summed E-state index contributed by atoms with van der Waals surface area (Å²) in [6.45, 7) is 4.27. The van der Waals surface area contributed by atoms with Crippen molar-refractivity contribution in [1.82, 2.24) is 5.32 Å². The van der Waals surface area contributed by atoms with Crippen LogP contribution in [0.15, 0.2) is 54.6 Å². The summed E-state index contributed by atoms with van der Waals surface area (Å²) in [5.74, 6) is -0.178. The maximum Gasteiger partial charge on any atom is 0.123 e. The fourth-order valence-electron chi connectivity index (χ4n) is 2.49. The van der Waals surface area contributed by atoms with Crippen LogP contribution >= 0.6 is 0 Å². The Labute approximate surface area is 120 Å². The molecule has 0 heterocycles. The predicted octanol–water partition coefficient (Wildman–Crippen LogP) is 5.02. The molecule has 0 saturated carbocycles. The SMILES string of the molecule is CCCC(N[C@H](C)c1cccc(F)c1)c1ccccc1. The Hall–Kier alpha value is -1.67. The first-order valence-corrected chi connectivity index (χ1v) is 7.27. The molecule has 0 fully saturated rings. The van der Waals surface area contributed by atoms with Crippen molar-refractivity contribution in [3.8, 4) is 0 Å². The van der Waals surface area contributed by atoms with Crippen molar-refractivity contribution >= 4 is 0 Å². The van der Waals surface area contributed by atoms with Crippen LogP contribution in [0, 0.1) is 5.82 Å². The standard InChI is InChI=1S/C18H22FN/c1-3-8-18(15-9-5-4-6-10-15)20-14(2)16-11-7-12-17(19)13-16/h4-7,9-14,18,20H,3,8H2,1-2H3/t14-,18?/m1/s1. The summed E-state index contributed by atoms with van der Waals surface area (Å²) < 4.78 is 13.3. The molecule has 0 aromatic heterocycles. The zero-order valence-corrected chi connectivity index (χ0v) is 12.1. The second kappa shape index (κ2) is 7.20. The van der Waals surface area contributed by atoms with Crippen molar-refractivity contribution in [2.45, 2.75) is 38.8 Å². The average Bonchev–Trinajstić information content (AvgIpc) is 2.47. The highest BCUT2D eigenvalue weighted by molar-refractivity contribution is 5.22. The van der Waals surface area contributed by atoms with Crippen LogP contribution in [0.4, 0.5) is 4.39 Å². The van der Waals surface area contributed by atoms with Gasteiger partial charge in [0.1, 0.15) is 5.82 Å². The normalized spacial score (nSPS) is 13.9. The molecule has 0 amide bonds. The Balaban J connectivity index is 2.12. The van der Waals surface area contributed by atoms with Gasteiger partial charge in [0.25, 0.3) is 0 Å². The van der Waals surface area contributed by atoms with Crippen LogP contribution in [0.1, 0.15) is 49.9 Å². The smallest absolute Gasteiger partial charge is 0.123 e. The monoisotopic (exact) mass is 271 g/mol. The third-order valence-electron chi connectivity index (χ3n) is 3.58. The van der Waals surface area contributed by atoms with E-state index in [0.717, 1.165) is 18.4 Å². The van der Waals surface area contributed by atoms with Gasteiger partial charge in [-0.3, -0.25) is 0 Å². The van der Waals surface area contributed by atoms with E-state index in [2.05, 4.69) is 43.4 Å². The summed E-state index contributed by atoms with van der Waals surface area (Å²) in [5.41, 5.74) is 2.28. The lowest BCUT2D eigenvalue weighted by Gasteiger charge is -2.24. The van der Waals surface area contributed by atoms with Crippen LogP contribution in [0.5, 0.6) is 0 Å². The number of rotatable bonds is 6. The quantitative estimate of drug-likeness (QED) is 0.778. The number of hydrogen-bond acceptors (Lipinski definition) is 1. The van der Waals surface area contributed by atoms with E-state index in [1.165, 1.54) is 11.6 Å². The minimum atomic E-state index is -0.178. The molecular weight excluding hydrogens is 249 g/mol. The van der Waals surface area contributed by atoms with Crippen LogP contribution in [0.3, 0.4) is 0 Å². The third kappa shape index (κ3) is 3.91. The number of hydrogen-bond donors (Lipinski definition) is 1. The first-order chi connectivity index (χ1) is 9.70. The average molecular weight is 271 g/mol. The van der Waals surface area contributed by atoms with E-state index in [-0.39, 0.29) is 11.9 Å². The third-order valence-corrected chi connectivity index (χ3v) is 3.58. The lowest BCUT2D eigenvalue weighted by atomic mass is 9.99. The van der Waals surface area contributed by atoms with Crippen LogP contribution in [0.25, 0.3) is 0 Å². The molecule has 0 radical (unpaired) electrons. The molecule has 0 saturated heterocycles. The summed E-state index contributed by atoms with van der Waals surface area (Å²) in [7, 11) is 0. The zero-order chi connectivity index (χ0) is 14.4. The minimum Gasteiger partial charge on any atom is -0.303 e. The van der Waals surface area contributed by atoms with E-state index < -0.39 is 0 Å². The Morgan fingerprint density at radius 2 is 1.70 bits per heavy atom. The van der Waals surface area contributed by atoms with Crippen molar-refractivity contribution in [2.24, 2.45) is 0 Å². The maximum atomic E-state index is 13.3. The lowest BCUT2D eigenvalue weighted by molar-refractivity contribution is 0.438. The van der Waals surface area contributed by atoms with E-state index in [0.29, 0.717) is 6.04 Å². The summed E-state index contributed by atoms with van der Waals surface area (Å²) in [6, 6.07) is 17.7. The molecule has 20 heavy (non-hydrogen) atoms. The van der Waals surface area contributed by atoms with Gasteiger partial charge in [0, 0.05) is 12.1 Å². The van der Waals surface area contributed by atoms with Gasteiger partial charge in [0.2, 0.25) is 0 Å². The molecule has 1 N–H and O–H groups in total. The summed E-state index contributed by atoms with van der Waals surface area (Å²) >= 11 is 0. The molecule has 1 nitrogen and oxygen atoms in total. The summed E-state index contributed by atoms with van der Waals surface area (Å²) in [6.07, 6.45) is 2.19. The molecule has 106 valence electrons. The fourth-order valence-corrected chi connectivity index (χ4v) is 2.49. The number of benzene rings is 2. The van der Waals surface area contributed by atoms with Crippen molar-refractivity contribution in [2.75, 3.05) is 0 Å². The van der Waals surface area contributed by atoms with Crippen LogP contribution < -0.4 is 5.32 Å². The van der Waals surface area contributed by atoms with Gasteiger partial charge in [0.05, 0.1) is 0 Å². The van der Waals surface area contributed by atoms with Gasteiger partial charge in [-0.15, -0.1) is 0 Å². The van der Waals surface area contributed by atoms with Gasteiger partial charge in [-0.25, -0.2) is 4.39 Å². The molecule has 2 atom stereocenters. The summed E-state index contributed by atoms with van der Waals surface area (Å²) in [4.78, 5) is 0. The second-order valence-electron chi connectivity index (χ2n) is 5.20. The van der Waals surface area contributed by atoms with Gasteiger partial charge in [-0.05, 0) is 36.6 Å². The summed E-state index contributed by atoms with van der Waals surface area (Å²) in [5, 5.41) is 3.61. The highest BCUT2D eigenvalue weighted by Crippen LogP contribution is 2.23. The predicted molar refractivity (Wildman–Crippen MR) is 82.0 cm³/mol. The van der Waals surface area contributed by atoms with Gasteiger partial charge >= 0.3 is 0 Å². The molecule has 1 unspecified atom stereocenters. The van der Waals surface area contributed by atoms with Gasteiger partial charge in [0.15, 0.2) is 0 Å². The second-order valence-corrected chi connectivity index (χ2v) is 5.20. The highest BCUT2D eigenvalue weighted by Gasteiger charge is 2.14. The molecule has 2 heteroatoms. The molecule has 0 aliphatic carbocycles. The Bertz CT molecular complexity index is 524. The Morgan fingerprint density at radius 3 is 2.35 bits per heavy atom. The van der Waals surface area contributed by atoms with Gasteiger partial charge in [-0.2, -0.15) is 0 Å². The van der Waals surface area contributed by atoms with Crippen LogP contribution in [-0.4, -0.2) is 0 Å². The van der Waals surface area contributed by atoms with E-state index in [1.807, 2.05) is 12.1 Å². The van der Waals surface area contributed by atoms with E-state index in [4.69, 9.17) is 0 Å². The van der Waals surface area contributed by atoms with Crippen LogP contribution in [0.2, 0.25) is 0 Å². The fraction of sp³-hybridized carbons (Fsp3) is 0.333. The van der Waals surface area contributed by atoms with E-state index in [1.54, 1.807) is 12.1 Å². The van der Waals surface area contributed by atoms with Crippen LogP contribution in [-0.2, 0) is 0 Å². The molecule has 2 rings (SSSR count). The molecular formula is C18H22FN. The molecule has 0 aliphatic heterocycles. The van der Waals surface area contributed by atoms with Gasteiger partial charge in [-0.1, -0.05) is 55.8 Å². The topological polar surface area (TPSA) is 12.0 Å². The number of halogens is 1. The van der Waals surface area contributed by atoms with Crippen molar-refractivity contribution in [3.05, 3.63) is 71.5 Å². The van der Waals surface area contributed by atoms with Crippen molar-refractivity contribution < 1.29 is 4.39 Å². The zero-order valence-electron chi connectivity index (χ0n) is 12.1. The molecule has 0 bridgehead atoms. The molecule has 2 aromatic rings. The Morgan fingerprint density at radius 1 is 1.00 bits per heavy atom. The molecule has 0 aliphatic rings. The first kappa shape index (κ1) is 14.7. The first-order valence-electron chi connectivity index (χ1n) is 7.27. The Kier molecular flexibility index (Phi) is 5.31. The van der Waals surface area contributed by atoms with E-state index in [9.17, 15) is 4.39 Å². The largest absolute Gasteiger partial charge is 0.303 e. The lowest BCUT2D eigenvalue weighted by Crippen LogP contribution is -2.24.